The van der Waals surface area contributed by atoms with E-state index in [0.29, 0.717) is 0 Å². The second-order valence-corrected chi connectivity index (χ2v) is 4.74. The molecule has 0 bridgehead atoms. The first-order chi connectivity index (χ1) is 8.95. The van der Waals surface area contributed by atoms with E-state index in [0.717, 1.165) is 0 Å². The van der Waals surface area contributed by atoms with Gasteiger partial charge in [-0.3, -0.25) is 0 Å². The van der Waals surface area contributed by atoms with E-state index in [2.05, 4.69) is 5.48 Å². The third kappa shape index (κ3) is 1.84. The number of fused-ring (bicyclic) bond motifs is 1. The summed E-state index contributed by atoms with van der Waals surface area (Å²) in [5.74, 6) is -1.57. The highest BCUT2D eigenvalue weighted by Crippen LogP contribution is 2.48. The molecule has 0 radical (unpaired) electrons. The first-order valence-electron chi connectivity index (χ1n) is 5.77. The Balaban J connectivity index is 2.03. The number of rotatable bonds is 1. The van der Waals surface area contributed by atoms with Gasteiger partial charge in [0.2, 0.25) is 0 Å². The standard InChI is InChI=1S/C12H11F4NO2/c13-9-4-2-1-3-7(9)11-6-18-10(12(14,15)16)8(11)5-19-17-11/h1-4,8,10,17H,5-6H2. The molecule has 0 aliphatic carbocycles. The average molecular weight is 277 g/mol. The molecule has 1 aromatic rings. The topological polar surface area (TPSA) is 30.5 Å². The Kier molecular flexibility index (Phi) is 2.81. The normalized spacial score (nSPS) is 34.5. The number of alkyl halides is 3. The average Bonchev–Trinajstić information content (AvgIpc) is 2.86. The first kappa shape index (κ1) is 12.8. The van der Waals surface area contributed by atoms with E-state index in [4.69, 9.17) is 9.57 Å². The molecular formula is C12H11F4NO2. The highest BCUT2D eigenvalue weighted by molar-refractivity contribution is 5.30. The van der Waals surface area contributed by atoms with Gasteiger partial charge in [0.1, 0.15) is 11.4 Å². The zero-order valence-corrected chi connectivity index (χ0v) is 9.71. The van der Waals surface area contributed by atoms with E-state index >= 15 is 0 Å². The van der Waals surface area contributed by atoms with Gasteiger partial charge in [-0.1, -0.05) is 18.2 Å². The van der Waals surface area contributed by atoms with Crippen LogP contribution in [0.4, 0.5) is 17.6 Å². The highest BCUT2D eigenvalue weighted by atomic mass is 19.4. The molecule has 3 atom stereocenters. The van der Waals surface area contributed by atoms with Crippen molar-refractivity contribution in [2.24, 2.45) is 5.92 Å². The lowest BCUT2D eigenvalue weighted by Gasteiger charge is -2.28. The summed E-state index contributed by atoms with van der Waals surface area (Å²) in [6.07, 6.45) is -6.44. The fourth-order valence-corrected chi connectivity index (χ4v) is 2.78. The summed E-state index contributed by atoms with van der Waals surface area (Å²) >= 11 is 0. The van der Waals surface area contributed by atoms with Crippen LogP contribution in [0.15, 0.2) is 24.3 Å². The number of hydrogen-bond acceptors (Lipinski definition) is 3. The van der Waals surface area contributed by atoms with E-state index in [-0.39, 0.29) is 18.8 Å². The number of nitrogens with one attached hydrogen (secondary N) is 1. The predicted molar refractivity (Wildman–Crippen MR) is 56.5 cm³/mol. The molecule has 0 saturated carbocycles. The molecule has 2 heterocycles. The molecule has 7 heteroatoms. The molecule has 3 rings (SSSR count). The summed E-state index contributed by atoms with van der Waals surface area (Å²) in [4.78, 5) is 4.95. The van der Waals surface area contributed by atoms with E-state index in [1.165, 1.54) is 18.2 Å². The van der Waals surface area contributed by atoms with E-state index < -0.39 is 29.6 Å². The van der Waals surface area contributed by atoms with Crippen LogP contribution in [-0.4, -0.2) is 25.5 Å². The second kappa shape index (κ2) is 4.16. The summed E-state index contributed by atoms with van der Waals surface area (Å²) in [5.41, 5.74) is 1.40. The van der Waals surface area contributed by atoms with Crippen molar-refractivity contribution in [3.8, 4) is 0 Å². The maximum atomic E-state index is 13.9. The van der Waals surface area contributed by atoms with Crippen LogP contribution in [-0.2, 0) is 15.1 Å². The number of hydrogen-bond donors (Lipinski definition) is 1. The van der Waals surface area contributed by atoms with Crippen molar-refractivity contribution in [2.45, 2.75) is 17.8 Å². The van der Waals surface area contributed by atoms with Gasteiger partial charge in [-0.15, -0.1) is 0 Å². The summed E-state index contributed by atoms with van der Waals surface area (Å²) < 4.78 is 57.4. The van der Waals surface area contributed by atoms with E-state index in [1.807, 2.05) is 0 Å². The fourth-order valence-electron chi connectivity index (χ4n) is 2.78. The molecule has 2 saturated heterocycles. The minimum Gasteiger partial charge on any atom is -0.366 e. The lowest BCUT2D eigenvalue weighted by Crippen LogP contribution is -2.45. The van der Waals surface area contributed by atoms with Crippen LogP contribution in [0.3, 0.4) is 0 Å². The van der Waals surface area contributed by atoms with Gasteiger partial charge in [-0.05, 0) is 6.07 Å². The number of benzene rings is 1. The Hall–Kier alpha value is -1.18. The van der Waals surface area contributed by atoms with Crippen LogP contribution in [0.2, 0.25) is 0 Å². The van der Waals surface area contributed by atoms with Crippen molar-refractivity contribution in [3.63, 3.8) is 0 Å². The van der Waals surface area contributed by atoms with Crippen LogP contribution in [0, 0.1) is 11.7 Å². The molecule has 3 unspecified atom stereocenters. The third-order valence-corrected chi connectivity index (χ3v) is 3.68. The Morgan fingerprint density at radius 1 is 1.26 bits per heavy atom. The molecule has 0 amide bonds. The zero-order valence-electron chi connectivity index (χ0n) is 9.71. The van der Waals surface area contributed by atoms with E-state index in [1.54, 1.807) is 6.07 Å². The lowest BCUT2D eigenvalue weighted by atomic mass is 9.79. The largest absolute Gasteiger partial charge is 0.415 e. The minimum absolute atomic E-state index is 0.143. The van der Waals surface area contributed by atoms with Crippen LogP contribution in [0.25, 0.3) is 0 Å². The highest BCUT2D eigenvalue weighted by Gasteiger charge is 2.63. The van der Waals surface area contributed by atoms with Gasteiger partial charge in [0.25, 0.3) is 0 Å². The van der Waals surface area contributed by atoms with Crippen molar-refractivity contribution in [2.75, 3.05) is 13.2 Å². The molecule has 2 aliphatic heterocycles. The van der Waals surface area contributed by atoms with Gasteiger partial charge in [0.15, 0.2) is 6.10 Å². The van der Waals surface area contributed by atoms with Crippen molar-refractivity contribution >= 4 is 0 Å². The van der Waals surface area contributed by atoms with Crippen LogP contribution >= 0.6 is 0 Å². The Labute approximate surface area is 106 Å². The van der Waals surface area contributed by atoms with Crippen molar-refractivity contribution in [1.82, 2.24) is 5.48 Å². The maximum Gasteiger partial charge on any atom is 0.415 e. The Morgan fingerprint density at radius 3 is 2.68 bits per heavy atom. The molecule has 19 heavy (non-hydrogen) atoms. The molecule has 1 N–H and O–H groups in total. The minimum atomic E-state index is -4.49. The number of halogens is 4. The van der Waals surface area contributed by atoms with Gasteiger partial charge >= 0.3 is 6.18 Å². The molecule has 0 spiro atoms. The van der Waals surface area contributed by atoms with Crippen molar-refractivity contribution < 1.29 is 27.1 Å². The smallest absolute Gasteiger partial charge is 0.366 e. The SMILES string of the molecule is Fc1ccccc1C12COC(C(F)(F)F)C1CON2. The molecule has 3 nitrogen and oxygen atoms in total. The van der Waals surface area contributed by atoms with Gasteiger partial charge in [-0.25, -0.2) is 4.39 Å². The van der Waals surface area contributed by atoms with Crippen molar-refractivity contribution in [1.29, 1.82) is 0 Å². The molecule has 0 aromatic heterocycles. The lowest BCUT2D eigenvalue weighted by molar-refractivity contribution is -0.219. The third-order valence-electron chi connectivity index (χ3n) is 3.68. The van der Waals surface area contributed by atoms with Gasteiger partial charge in [0.05, 0.1) is 13.2 Å². The van der Waals surface area contributed by atoms with Crippen LogP contribution < -0.4 is 5.48 Å². The van der Waals surface area contributed by atoms with Gasteiger partial charge in [0, 0.05) is 11.5 Å². The monoisotopic (exact) mass is 277 g/mol. The molecule has 104 valence electrons. The molecular weight excluding hydrogens is 266 g/mol. The van der Waals surface area contributed by atoms with Crippen molar-refractivity contribution in [3.05, 3.63) is 35.6 Å². The molecule has 1 aromatic carbocycles. The molecule has 2 aliphatic rings. The first-order valence-corrected chi connectivity index (χ1v) is 5.77. The van der Waals surface area contributed by atoms with E-state index in [9.17, 15) is 17.6 Å². The van der Waals surface area contributed by atoms with Crippen LogP contribution in [0.1, 0.15) is 5.56 Å². The number of ether oxygens (including phenoxy) is 1. The number of hydroxylamine groups is 1. The Morgan fingerprint density at radius 2 is 2.00 bits per heavy atom. The maximum absolute atomic E-state index is 13.9. The van der Waals surface area contributed by atoms with Gasteiger partial charge < -0.3 is 9.57 Å². The summed E-state index contributed by atoms with van der Waals surface area (Å²) in [5, 5.41) is 0. The van der Waals surface area contributed by atoms with Gasteiger partial charge in [-0.2, -0.15) is 18.7 Å². The summed E-state index contributed by atoms with van der Waals surface area (Å²) in [7, 11) is 0. The molecule has 2 fully saturated rings. The Bertz CT molecular complexity index is 493. The fraction of sp³-hybridized carbons (Fsp3) is 0.500. The zero-order chi connectivity index (χ0) is 13.7. The second-order valence-electron chi connectivity index (χ2n) is 4.74. The summed E-state index contributed by atoms with van der Waals surface area (Å²) in [6.45, 7) is -0.443. The summed E-state index contributed by atoms with van der Waals surface area (Å²) in [6, 6.07) is 5.72. The quantitative estimate of drug-likeness (QED) is 0.798. The predicted octanol–water partition coefficient (Wildman–Crippen LogP) is 2.13. The van der Waals surface area contributed by atoms with Crippen LogP contribution in [0.5, 0.6) is 0 Å².